The van der Waals surface area contributed by atoms with Crippen LogP contribution in [0.2, 0.25) is 5.02 Å². The molecule has 1 aliphatic heterocycles. The number of carbonyl (C=O) groups is 1. The predicted molar refractivity (Wildman–Crippen MR) is 66.1 cm³/mol. The molecule has 0 radical (unpaired) electrons. The molecular formula is C12H14ClNO4. The van der Waals surface area contributed by atoms with Crippen molar-refractivity contribution in [3.63, 3.8) is 0 Å². The second kappa shape index (κ2) is 5.93. The number of carboxylic acid groups (broad SMARTS) is 1. The van der Waals surface area contributed by atoms with Crippen molar-refractivity contribution in [1.82, 2.24) is 5.32 Å². The Hall–Kier alpha value is -1.46. The van der Waals surface area contributed by atoms with E-state index in [1.165, 1.54) is 12.8 Å². The minimum absolute atomic E-state index is 0.250. The molecule has 98 valence electrons. The van der Waals surface area contributed by atoms with E-state index < -0.39 is 0 Å². The number of rotatable bonds is 3. The predicted octanol–water partition coefficient (Wildman–Crippen LogP) is 2.02. The maximum atomic E-state index is 8.36. The van der Waals surface area contributed by atoms with Gasteiger partial charge in [0.15, 0.2) is 11.5 Å². The van der Waals surface area contributed by atoms with Crippen LogP contribution in [0.4, 0.5) is 0 Å². The lowest BCUT2D eigenvalue weighted by molar-refractivity contribution is -0.122. The molecule has 1 aromatic rings. The van der Waals surface area contributed by atoms with Gasteiger partial charge < -0.3 is 19.9 Å². The number of halogens is 1. The number of hydrogen-bond acceptors (Lipinski definition) is 4. The van der Waals surface area contributed by atoms with Crippen LogP contribution in [0.1, 0.15) is 18.4 Å². The minimum Gasteiger partial charge on any atom is -0.483 e. The lowest BCUT2D eigenvalue weighted by atomic mass is 10.2. The molecule has 5 nitrogen and oxygen atoms in total. The van der Waals surface area contributed by atoms with Crippen LogP contribution >= 0.6 is 11.6 Å². The van der Waals surface area contributed by atoms with Gasteiger partial charge in [-0.3, -0.25) is 4.79 Å². The van der Waals surface area contributed by atoms with Crippen molar-refractivity contribution < 1.29 is 19.4 Å². The van der Waals surface area contributed by atoms with Crippen molar-refractivity contribution in [1.29, 1.82) is 0 Å². The Morgan fingerprint density at radius 3 is 2.61 bits per heavy atom. The molecule has 0 saturated heterocycles. The molecule has 0 aromatic heterocycles. The normalized spacial score (nSPS) is 15.8. The van der Waals surface area contributed by atoms with Crippen LogP contribution in [0.5, 0.6) is 11.5 Å². The molecule has 0 spiro atoms. The summed E-state index contributed by atoms with van der Waals surface area (Å²) in [5, 5.41) is 11.1. The van der Waals surface area contributed by atoms with Gasteiger partial charge in [-0.05, 0) is 24.5 Å². The van der Waals surface area contributed by atoms with Crippen molar-refractivity contribution in [2.45, 2.75) is 25.4 Å². The van der Waals surface area contributed by atoms with Crippen LogP contribution in [-0.4, -0.2) is 24.4 Å². The van der Waals surface area contributed by atoms with Gasteiger partial charge in [0.25, 0.3) is 6.47 Å². The number of fused-ring (bicyclic) bond motifs is 1. The number of nitrogens with one attached hydrogen (secondary N) is 1. The van der Waals surface area contributed by atoms with Crippen LogP contribution < -0.4 is 14.8 Å². The first-order chi connectivity index (χ1) is 8.74. The first-order valence-electron chi connectivity index (χ1n) is 5.64. The zero-order chi connectivity index (χ0) is 13.0. The molecule has 0 unspecified atom stereocenters. The Morgan fingerprint density at radius 2 is 2.00 bits per heavy atom. The lowest BCUT2D eigenvalue weighted by Gasteiger charge is -2.06. The Kier molecular flexibility index (Phi) is 4.28. The summed E-state index contributed by atoms with van der Waals surface area (Å²) in [6.07, 6.45) is 2.56. The van der Waals surface area contributed by atoms with Crippen LogP contribution in [-0.2, 0) is 11.3 Å². The Bertz CT molecular complexity index is 434. The van der Waals surface area contributed by atoms with Gasteiger partial charge in [0, 0.05) is 23.7 Å². The van der Waals surface area contributed by atoms with Gasteiger partial charge in [0.1, 0.15) is 0 Å². The Morgan fingerprint density at radius 1 is 1.39 bits per heavy atom. The maximum Gasteiger partial charge on any atom is 0.290 e. The van der Waals surface area contributed by atoms with Crippen LogP contribution in [0.3, 0.4) is 0 Å². The van der Waals surface area contributed by atoms with E-state index in [1.807, 2.05) is 12.1 Å². The number of ether oxygens (including phenoxy) is 2. The fraction of sp³-hybridized carbons (Fsp3) is 0.417. The average molecular weight is 272 g/mol. The monoisotopic (exact) mass is 271 g/mol. The van der Waals surface area contributed by atoms with Gasteiger partial charge in [-0.1, -0.05) is 11.6 Å². The summed E-state index contributed by atoms with van der Waals surface area (Å²) in [6, 6.07) is 4.47. The molecular weight excluding hydrogens is 258 g/mol. The van der Waals surface area contributed by atoms with E-state index in [2.05, 4.69) is 5.32 Å². The summed E-state index contributed by atoms with van der Waals surface area (Å²) in [7, 11) is 0. The van der Waals surface area contributed by atoms with Crippen LogP contribution in [0, 0.1) is 0 Å². The molecule has 2 aliphatic rings. The van der Waals surface area contributed by atoms with Gasteiger partial charge in [-0.25, -0.2) is 0 Å². The van der Waals surface area contributed by atoms with E-state index >= 15 is 0 Å². The van der Waals surface area contributed by atoms with Crippen molar-refractivity contribution >= 4 is 18.1 Å². The number of hydrogen-bond donors (Lipinski definition) is 2. The third-order valence-corrected chi connectivity index (χ3v) is 3.05. The van der Waals surface area contributed by atoms with E-state index in [4.69, 9.17) is 31.0 Å². The highest BCUT2D eigenvalue weighted by Crippen LogP contribution is 2.36. The molecule has 1 saturated carbocycles. The van der Waals surface area contributed by atoms with Crippen molar-refractivity contribution in [3.8, 4) is 11.5 Å². The fourth-order valence-electron chi connectivity index (χ4n) is 1.64. The summed E-state index contributed by atoms with van der Waals surface area (Å²) in [6.45, 7) is 0.852. The summed E-state index contributed by atoms with van der Waals surface area (Å²) >= 11 is 6.14. The Labute approximate surface area is 110 Å². The highest BCUT2D eigenvalue weighted by molar-refractivity contribution is 6.31. The fourth-order valence-corrected chi connectivity index (χ4v) is 1.86. The second-order valence-corrected chi connectivity index (χ2v) is 4.46. The summed E-state index contributed by atoms with van der Waals surface area (Å²) in [4.78, 5) is 8.36. The molecule has 0 atom stereocenters. The maximum absolute atomic E-state index is 8.36. The van der Waals surface area contributed by atoms with E-state index in [0.717, 1.165) is 28.6 Å². The standard InChI is InChI=1S/C11H12ClNO2.CH2O2/c12-9-4-11-10(14-6-15-11)3-7(9)5-13-8-1-2-8;2-1-3/h3-4,8,13H,1-2,5-6H2;1H,(H,2,3). The van der Waals surface area contributed by atoms with Gasteiger partial charge in [0.2, 0.25) is 6.79 Å². The molecule has 3 rings (SSSR count). The molecule has 1 aromatic carbocycles. The van der Waals surface area contributed by atoms with E-state index in [1.54, 1.807) is 0 Å². The first-order valence-corrected chi connectivity index (χ1v) is 6.01. The molecule has 1 fully saturated rings. The zero-order valence-electron chi connectivity index (χ0n) is 9.69. The molecule has 1 heterocycles. The van der Waals surface area contributed by atoms with Gasteiger partial charge in [0.05, 0.1) is 0 Å². The molecule has 18 heavy (non-hydrogen) atoms. The van der Waals surface area contributed by atoms with E-state index in [0.29, 0.717) is 12.8 Å². The molecule has 0 amide bonds. The molecule has 2 N–H and O–H groups in total. The number of benzene rings is 1. The zero-order valence-corrected chi connectivity index (χ0v) is 10.4. The quantitative estimate of drug-likeness (QED) is 0.824. The first kappa shape index (κ1) is 13.0. The highest BCUT2D eigenvalue weighted by atomic mass is 35.5. The molecule has 6 heteroatoms. The topological polar surface area (TPSA) is 67.8 Å². The van der Waals surface area contributed by atoms with Gasteiger partial charge >= 0.3 is 0 Å². The summed E-state index contributed by atoms with van der Waals surface area (Å²) < 4.78 is 10.6. The lowest BCUT2D eigenvalue weighted by Crippen LogP contribution is -2.15. The summed E-state index contributed by atoms with van der Waals surface area (Å²) in [5.41, 5.74) is 1.08. The Balaban J connectivity index is 0.000000367. The minimum atomic E-state index is -0.250. The molecule has 0 bridgehead atoms. The van der Waals surface area contributed by atoms with Crippen molar-refractivity contribution in [3.05, 3.63) is 22.7 Å². The van der Waals surface area contributed by atoms with E-state index in [-0.39, 0.29) is 6.47 Å². The largest absolute Gasteiger partial charge is 0.483 e. The van der Waals surface area contributed by atoms with E-state index in [9.17, 15) is 0 Å². The molecule has 1 aliphatic carbocycles. The van der Waals surface area contributed by atoms with Gasteiger partial charge in [-0.2, -0.15) is 0 Å². The van der Waals surface area contributed by atoms with Crippen LogP contribution in [0.15, 0.2) is 12.1 Å². The average Bonchev–Trinajstić information content (AvgIpc) is 3.06. The third-order valence-electron chi connectivity index (χ3n) is 2.70. The second-order valence-electron chi connectivity index (χ2n) is 4.06. The third kappa shape index (κ3) is 3.27. The van der Waals surface area contributed by atoms with Gasteiger partial charge in [-0.15, -0.1) is 0 Å². The smallest absolute Gasteiger partial charge is 0.290 e. The van der Waals surface area contributed by atoms with Crippen molar-refractivity contribution in [2.75, 3.05) is 6.79 Å². The highest BCUT2D eigenvalue weighted by Gasteiger charge is 2.21. The van der Waals surface area contributed by atoms with Crippen LogP contribution in [0.25, 0.3) is 0 Å². The SMILES string of the molecule is Clc1cc2c(cc1CNC1CC1)OCO2.O=CO. The summed E-state index contributed by atoms with van der Waals surface area (Å²) in [5.74, 6) is 1.54. The van der Waals surface area contributed by atoms with Crippen molar-refractivity contribution in [2.24, 2.45) is 0 Å².